The van der Waals surface area contributed by atoms with Crippen molar-refractivity contribution in [3.63, 3.8) is 0 Å². The first-order valence-corrected chi connectivity index (χ1v) is 5.77. The molecule has 1 aromatic carbocycles. The Morgan fingerprint density at radius 3 is 2.95 bits per heavy atom. The van der Waals surface area contributed by atoms with E-state index in [2.05, 4.69) is 11.4 Å². The number of furan rings is 1. The molecule has 0 saturated carbocycles. The lowest BCUT2D eigenvalue weighted by Crippen LogP contribution is -2.19. The fourth-order valence-electron chi connectivity index (χ4n) is 1.73. The first-order chi connectivity index (χ1) is 9.24. The summed E-state index contributed by atoms with van der Waals surface area (Å²) in [6, 6.07) is 10.1. The molecule has 98 valence electrons. The van der Waals surface area contributed by atoms with Gasteiger partial charge in [-0.05, 0) is 29.8 Å². The van der Waals surface area contributed by atoms with Crippen LogP contribution in [0, 0.1) is 11.3 Å². The number of nitriles is 1. The Morgan fingerprint density at radius 1 is 1.47 bits per heavy atom. The second-order valence-electron chi connectivity index (χ2n) is 3.95. The molecule has 2 N–H and O–H groups in total. The highest BCUT2D eigenvalue weighted by molar-refractivity contribution is 5.43. The summed E-state index contributed by atoms with van der Waals surface area (Å²) in [7, 11) is 1.47. The van der Waals surface area contributed by atoms with Crippen LogP contribution in [0.25, 0.3) is 0 Å². The lowest BCUT2D eigenvalue weighted by molar-refractivity contribution is 0.372. The Hall–Kier alpha value is -2.45. The van der Waals surface area contributed by atoms with Gasteiger partial charge >= 0.3 is 0 Å². The zero-order chi connectivity index (χ0) is 13.7. The van der Waals surface area contributed by atoms with E-state index in [-0.39, 0.29) is 5.75 Å². The minimum absolute atomic E-state index is 0.0500. The van der Waals surface area contributed by atoms with Gasteiger partial charge in [-0.15, -0.1) is 0 Å². The summed E-state index contributed by atoms with van der Waals surface area (Å²) < 4.78 is 10.2. The second kappa shape index (κ2) is 5.94. The van der Waals surface area contributed by atoms with E-state index in [9.17, 15) is 10.4 Å². The average molecular weight is 258 g/mol. The highest BCUT2D eigenvalue weighted by Crippen LogP contribution is 2.28. The molecule has 0 aliphatic heterocycles. The molecule has 0 aliphatic rings. The van der Waals surface area contributed by atoms with E-state index >= 15 is 0 Å². The van der Waals surface area contributed by atoms with Crippen LogP contribution in [0.15, 0.2) is 41.0 Å². The molecule has 2 rings (SSSR count). The molecule has 5 heteroatoms. The predicted molar refractivity (Wildman–Crippen MR) is 68.6 cm³/mol. The molecule has 0 amide bonds. The van der Waals surface area contributed by atoms with Crippen LogP contribution in [0.3, 0.4) is 0 Å². The first-order valence-electron chi connectivity index (χ1n) is 5.77. The maximum absolute atomic E-state index is 9.53. The number of phenols is 1. The molecule has 1 aromatic heterocycles. The van der Waals surface area contributed by atoms with Crippen molar-refractivity contribution in [3.05, 3.63) is 47.9 Å². The van der Waals surface area contributed by atoms with Gasteiger partial charge < -0.3 is 14.3 Å². The molecule has 2 aromatic rings. The fourth-order valence-corrected chi connectivity index (χ4v) is 1.73. The molecule has 0 saturated heterocycles. The molecule has 0 bridgehead atoms. The Bertz CT molecular complexity index is 573. The topological polar surface area (TPSA) is 78.4 Å². The van der Waals surface area contributed by atoms with Crippen LogP contribution in [0.1, 0.15) is 17.4 Å². The Balaban J connectivity index is 2.11. The Labute approximate surface area is 111 Å². The number of methoxy groups -OCH3 is 1. The lowest BCUT2D eigenvalue weighted by Gasteiger charge is -2.12. The van der Waals surface area contributed by atoms with Gasteiger partial charge in [-0.1, -0.05) is 6.07 Å². The van der Waals surface area contributed by atoms with Crippen LogP contribution in [-0.4, -0.2) is 12.2 Å². The molecule has 1 unspecified atom stereocenters. The summed E-state index contributed by atoms with van der Waals surface area (Å²) in [5.74, 6) is 1.15. The van der Waals surface area contributed by atoms with E-state index in [1.807, 2.05) is 6.07 Å². The van der Waals surface area contributed by atoms with Gasteiger partial charge in [-0.3, -0.25) is 5.32 Å². The van der Waals surface area contributed by atoms with Crippen molar-refractivity contribution in [1.29, 1.82) is 5.26 Å². The van der Waals surface area contributed by atoms with Gasteiger partial charge in [0, 0.05) is 0 Å². The number of hydrogen-bond acceptors (Lipinski definition) is 5. The number of hydrogen-bond donors (Lipinski definition) is 2. The van der Waals surface area contributed by atoms with Crippen LogP contribution in [-0.2, 0) is 6.54 Å². The van der Waals surface area contributed by atoms with Crippen LogP contribution >= 0.6 is 0 Å². The van der Waals surface area contributed by atoms with Crippen molar-refractivity contribution in [3.8, 4) is 17.6 Å². The third kappa shape index (κ3) is 3.06. The Kier molecular flexibility index (Phi) is 4.06. The van der Waals surface area contributed by atoms with Crippen LogP contribution < -0.4 is 10.1 Å². The average Bonchev–Trinajstić information content (AvgIpc) is 2.94. The quantitative estimate of drug-likeness (QED) is 0.860. The molecule has 1 atom stereocenters. The molecule has 1 heterocycles. The van der Waals surface area contributed by atoms with Gasteiger partial charge in [0.1, 0.15) is 11.8 Å². The molecule has 0 aliphatic carbocycles. The van der Waals surface area contributed by atoms with Gasteiger partial charge in [-0.2, -0.15) is 5.26 Å². The van der Waals surface area contributed by atoms with Crippen molar-refractivity contribution in [1.82, 2.24) is 5.32 Å². The van der Waals surface area contributed by atoms with E-state index < -0.39 is 6.04 Å². The number of phenolic OH excluding ortho intramolecular Hbond substituents is 1. The molecule has 5 nitrogen and oxygen atoms in total. The monoisotopic (exact) mass is 258 g/mol. The third-order valence-electron chi connectivity index (χ3n) is 2.73. The van der Waals surface area contributed by atoms with E-state index in [1.165, 1.54) is 13.2 Å². The molecular weight excluding hydrogens is 244 g/mol. The van der Waals surface area contributed by atoms with Crippen molar-refractivity contribution in [2.75, 3.05) is 7.11 Å². The SMILES string of the molecule is COc1cc(C(C#N)NCc2ccco2)ccc1O. The maximum atomic E-state index is 9.53. The highest BCUT2D eigenvalue weighted by Gasteiger charge is 2.13. The maximum Gasteiger partial charge on any atom is 0.160 e. The molecule has 19 heavy (non-hydrogen) atoms. The van der Waals surface area contributed by atoms with Gasteiger partial charge in [0.2, 0.25) is 0 Å². The minimum Gasteiger partial charge on any atom is -0.504 e. The summed E-state index contributed by atoms with van der Waals surface area (Å²) in [6.45, 7) is 0.453. The zero-order valence-electron chi connectivity index (χ0n) is 10.5. The summed E-state index contributed by atoms with van der Waals surface area (Å²) in [4.78, 5) is 0. The summed E-state index contributed by atoms with van der Waals surface area (Å²) in [6.07, 6.45) is 1.59. The number of ether oxygens (including phenoxy) is 1. The zero-order valence-corrected chi connectivity index (χ0v) is 10.5. The molecule has 0 fully saturated rings. The number of benzene rings is 1. The minimum atomic E-state index is -0.500. The fraction of sp³-hybridized carbons (Fsp3) is 0.214. The van der Waals surface area contributed by atoms with E-state index in [0.717, 1.165) is 11.3 Å². The van der Waals surface area contributed by atoms with Gasteiger partial charge in [0.05, 0.1) is 26.0 Å². The van der Waals surface area contributed by atoms with Gasteiger partial charge in [0.25, 0.3) is 0 Å². The van der Waals surface area contributed by atoms with E-state index in [4.69, 9.17) is 9.15 Å². The van der Waals surface area contributed by atoms with Gasteiger partial charge in [-0.25, -0.2) is 0 Å². The Morgan fingerprint density at radius 2 is 2.32 bits per heavy atom. The summed E-state index contributed by atoms with van der Waals surface area (Å²) >= 11 is 0. The number of nitrogens with zero attached hydrogens (tertiary/aromatic N) is 1. The summed E-state index contributed by atoms with van der Waals surface area (Å²) in [5.41, 5.74) is 0.726. The molecular formula is C14H14N2O3. The normalized spacial score (nSPS) is 11.8. The molecule has 0 spiro atoms. The smallest absolute Gasteiger partial charge is 0.160 e. The van der Waals surface area contributed by atoms with Crippen molar-refractivity contribution >= 4 is 0 Å². The number of rotatable bonds is 5. The van der Waals surface area contributed by atoms with E-state index in [1.54, 1.807) is 24.5 Å². The third-order valence-corrected chi connectivity index (χ3v) is 2.73. The van der Waals surface area contributed by atoms with E-state index in [0.29, 0.717) is 12.3 Å². The predicted octanol–water partition coefficient (Wildman–Crippen LogP) is 2.35. The van der Waals surface area contributed by atoms with Crippen molar-refractivity contribution < 1.29 is 14.3 Å². The van der Waals surface area contributed by atoms with Crippen molar-refractivity contribution in [2.45, 2.75) is 12.6 Å². The lowest BCUT2D eigenvalue weighted by atomic mass is 10.1. The van der Waals surface area contributed by atoms with Crippen molar-refractivity contribution in [2.24, 2.45) is 0 Å². The molecule has 0 radical (unpaired) electrons. The van der Waals surface area contributed by atoms with Crippen LogP contribution in [0.5, 0.6) is 11.5 Å². The van der Waals surface area contributed by atoms with Crippen LogP contribution in [0.2, 0.25) is 0 Å². The first kappa shape index (κ1) is 13.0. The standard InChI is InChI=1S/C14H14N2O3/c1-18-14-7-10(4-5-13(14)17)12(8-15)16-9-11-3-2-6-19-11/h2-7,12,16-17H,9H2,1H3. The summed E-state index contributed by atoms with van der Waals surface area (Å²) in [5, 5.41) is 21.8. The highest BCUT2D eigenvalue weighted by atomic mass is 16.5. The number of nitrogens with one attached hydrogen (secondary N) is 1. The number of aromatic hydroxyl groups is 1. The van der Waals surface area contributed by atoms with Gasteiger partial charge in [0.15, 0.2) is 11.5 Å². The van der Waals surface area contributed by atoms with Crippen LogP contribution in [0.4, 0.5) is 0 Å². The largest absolute Gasteiger partial charge is 0.504 e. The second-order valence-corrected chi connectivity index (χ2v) is 3.95.